The first-order valence-electron chi connectivity index (χ1n) is 6.75. The molecule has 0 unspecified atom stereocenters. The first-order chi connectivity index (χ1) is 9.93. The van der Waals surface area contributed by atoms with Crippen LogP contribution in [-0.2, 0) is 5.33 Å². The van der Waals surface area contributed by atoms with Crippen LogP contribution in [0.15, 0.2) is 30.3 Å². The van der Waals surface area contributed by atoms with E-state index in [1.165, 1.54) is 6.07 Å². The van der Waals surface area contributed by atoms with Crippen LogP contribution < -0.4 is 4.74 Å². The molecular weight excluding hydrogens is 355 g/mol. The third kappa shape index (κ3) is 3.58. The summed E-state index contributed by atoms with van der Waals surface area (Å²) in [7, 11) is 0. The predicted molar refractivity (Wildman–Crippen MR) is 89.4 cm³/mol. The molecule has 2 aromatic rings. The average molecular weight is 372 g/mol. The molecule has 0 saturated heterocycles. The van der Waals surface area contributed by atoms with Gasteiger partial charge in [0.05, 0.1) is 0 Å². The van der Waals surface area contributed by atoms with Gasteiger partial charge in [-0.05, 0) is 42.2 Å². The molecule has 0 fully saturated rings. The van der Waals surface area contributed by atoms with Gasteiger partial charge in [0.15, 0.2) is 11.6 Å². The Morgan fingerprint density at radius 1 is 1.29 bits per heavy atom. The van der Waals surface area contributed by atoms with Gasteiger partial charge in [-0.15, -0.1) is 0 Å². The summed E-state index contributed by atoms with van der Waals surface area (Å²) in [5.74, 6) is 0.800. The van der Waals surface area contributed by atoms with Crippen LogP contribution in [0.2, 0.25) is 5.02 Å². The Bertz CT molecular complexity index is 655. The maximum Gasteiger partial charge on any atom is 0.167 e. The van der Waals surface area contributed by atoms with Gasteiger partial charge in [0.1, 0.15) is 5.75 Å². The van der Waals surface area contributed by atoms with Crippen molar-refractivity contribution in [1.82, 2.24) is 0 Å². The maximum absolute atomic E-state index is 14.0. The van der Waals surface area contributed by atoms with E-state index in [0.717, 1.165) is 16.7 Å². The lowest BCUT2D eigenvalue weighted by atomic mass is 10.0. The SMILES string of the molecule is Cc1cc(Cl)c(C(C)C)cc1Oc1c(F)cccc1CBr. The van der Waals surface area contributed by atoms with Crippen molar-refractivity contribution in [3.05, 3.63) is 57.9 Å². The lowest BCUT2D eigenvalue weighted by molar-refractivity contribution is 0.435. The van der Waals surface area contributed by atoms with Gasteiger partial charge in [0, 0.05) is 15.9 Å². The molecule has 112 valence electrons. The van der Waals surface area contributed by atoms with Crippen LogP contribution in [0, 0.1) is 12.7 Å². The zero-order valence-electron chi connectivity index (χ0n) is 12.2. The zero-order chi connectivity index (χ0) is 15.6. The summed E-state index contributed by atoms with van der Waals surface area (Å²) in [6, 6.07) is 8.67. The molecule has 2 aromatic carbocycles. The molecule has 4 heteroatoms. The summed E-state index contributed by atoms with van der Waals surface area (Å²) in [6.07, 6.45) is 0. The van der Waals surface area contributed by atoms with Crippen LogP contribution >= 0.6 is 27.5 Å². The highest BCUT2D eigenvalue weighted by Gasteiger charge is 2.14. The molecule has 0 N–H and O–H groups in total. The zero-order valence-corrected chi connectivity index (χ0v) is 14.6. The van der Waals surface area contributed by atoms with E-state index in [0.29, 0.717) is 16.1 Å². The number of benzene rings is 2. The van der Waals surface area contributed by atoms with Crippen molar-refractivity contribution in [1.29, 1.82) is 0 Å². The van der Waals surface area contributed by atoms with E-state index in [-0.39, 0.29) is 17.5 Å². The Kier molecular flexibility index (Phi) is 5.28. The molecule has 0 aliphatic carbocycles. The average Bonchev–Trinajstić information content (AvgIpc) is 2.43. The van der Waals surface area contributed by atoms with E-state index >= 15 is 0 Å². The van der Waals surface area contributed by atoms with E-state index in [4.69, 9.17) is 16.3 Å². The third-order valence-corrected chi connectivity index (χ3v) is 4.25. The minimum atomic E-state index is -0.368. The Balaban J connectivity index is 2.47. The second kappa shape index (κ2) is 6.80. The van der Waals surface area contributed by atoms with Crippen LogP contribution in [-0.4, -0.2) is 0 Å². The van der Waals surface area contributed by atoms with Gasteiger partial charge in [-0.1, -0.05) is 53.5 Å². The van der Waals surface area contributed by atoms with Gasteiger partial charge in [0.2, 0.25) is 0 Å². The number of alkyl halides is 1. The van der Waals surface area contributed by atoms with Crippen LogP contribution in [0.4, 0.5) is 4.39 Å². The number of ether oxygens (including phenoxy) is 1. The summed E-state index contributed by atoms with van der Waals surface area (Å²) in [5, 5.41) is 1.24. The molecule has 0 bridgehead atoms. The van der Waals surface area contributed by atoms with Crippen molar-refractivity contribution < 1.29 is 9.13 Å². The molecule has 0 radical (unpaired) electrons. The van der Waals surface area contributed by atoms with Gasteiger partial charge in [0.25, 0.3) is 0 Å². The standard InChI is InChI=1S/C17H17BrClFO/c1-10(2)13-8-16(11(3)7-14(13)19)21-17-12(9-18)5-4-6-15(17)20/h4-8,10H,9H2,1-3H3. The van der Waals surface area contributed by atoms with Crippen molar-refractivity contribution in [3.63, 3.8) is 0 Å². The number of rotatable bonds is 4. The van der Waals surface area contributed by atoms with Gasteiger partial charge in [-0.3, -0.25) is 0 Å². The molecule has 0 aliphatic heterocycles. The minimum Gasteiger partial charge on any atom is -0.454 e. The molecule has 0 spiro atoms. The lowest BCUT2D eigenvalue weighted by Gasteiger charge is -2.16. The Morgan fingerprint density at radius 2 is 2.00 bits per heavy atom. The van der Waals surface area contributed by atoms with E-state index < -0.39 is 0 Å². The molecule has 21 heavy (non-hydrogen) atoms. The van der Waals surface area contributed by atoms with Gasteiger partial charge in [-0.25, -0.2) is 4.39 Å². The van der Waals surface area contributed by atoms with E-state index in [2.05, 4.69) is 29.8 Å². The molecule has 0 saturated carbocycles. The molecule has 0 heterocycles. The molecule has 1 nitrogen and oxygen atoms in total. The number of aryl methyl sites for hydroxylation is 1. The third-order valence-electron chi connectivity index (χ3n) is 3.32. The fraction of sp³-hybridized carbons (Fsp3) is 0.294. The van der Waals surface area contributed by atoms with E-state index in [9.17, 15) is 4.39 Å². The summed E-state index contributed by atoms with van der Waals surface area (Å²) in [6.45, 7) is 6.03. The van der Waals surface area contributed by atoms with Crippen LogP contribution in [0.25, 0.3) is 0 Å². The highest BCUT2D eigenvalue weighted by atomic mass is 79.9. The maximum atomic E-state index is 14.0. The summed E-state index contributed by atoms with van der Waals surface area (Å²) < 4.78 is 19.9. The van der Waals surface area contributed by atoms with Gasteiger partial charge < -0.3 is 4.74 Å². The van der Waals surface area contributed by atoms with Crippen molar-refractivity contribution in [2.45, 2.75) is 32.0 Å². The van der Waals surface area contributed by atoms with Crippen molar-refractivity contribution >= 4 is 27.5 Å². The predicted octanol–water partition coefficient (Wildman–Crippen LogP) is 6.60. The van der Waals surface area contributed by atoms with Gasteiger partial charge >= 0.3 is 0 Å². The highest BCUT2D eigenvalue weighted by Crippen LogP contribution is 2.36. The molecular formula is C17H17BrClFO. The molecule has 0 atom stereocenters. The largest absolute Gasteiger partial charge is 0.454 e. The van der Waals surface area contributed by atoms with Crippen LogP contribution in [0.3, 0.4) is 0 Å². The highest BCUT2D eigenvalue weighted by molar-refractivity contribution is 9.08. The first-order valence-corrected chi connectivity index (χ1v) is 8.25. The minimum absolute atomic E-state index is 0.259. The lowest BCUT2D eigenvalue weighted by Crippen LogP contribution is -1.97. The molecule has 0 aromatic heterocycles. The van der Waals surface area contributed by atoms with Crippen molar-refractivity contribution in [3.8, 4) is 11.5 Å². The number of para-hydroxylation sites is 1. The summed E-state index contributed by atoms with van der Waals surface area (Å²) >= 11 is 9.61. The van der Waals surface area contributed by atoms with Crippen molar-refractivity contribution in [2.24, 2.45) is 0 Å². The quantitative estimate of drug-likeness (QED) is 0.550. The van der Waals surface area contributed by atoms with E-state index in [1.54, 1.807) is 6.07 Å². The molecule has 2 rings (SSSR count). The fourth-order valence-electron chi connectivity index (χ4n) is 2.10. The summed E-state index contributed by atoms with van der Waals surface area (Å²) in [4.78, 5) is 0. The molecule has 0 amide bonds. The second-order valence-electron chi connectivity index (χ2n) is 5.26. The Hall–Kier alpha value is -1.06. The summed E-state index contributed by atoms with van der Waals surface area (Å²) in [5.41, 5.74) is 2.65. The normalized spacial score (nSPS) is 11.0. The van der Waals surface area contributed by atoms with E-state index in [1.807, 2.05) is 25.1 Å². The van der Waals surface area contributed by atoms with Crippen LogP contribution in [0.5, 0.6) is 11.5 Å². The fourth-order valence-corrected chi connectivity index (χ4v) is 2.98. The number of hydrogen-bond acceptors (Lipinski definition) is 1. The first kappa shape index (κ1) is 16.3. The van der Waals surface area contributed by atoms with Crippen molar-refractivity contribution in [2.75, 3.05) is 0 Å². The smallest absolute Gasteiger partial charge is 0.167 e. The second-order valence-corrected chi connectivity index (χ2v) is 6.23. The van der Waals surface area contributed by atoms with Crippen LogP contribution in [0.1, 0.15) is 36.5 Å². The van der Waals surface area contributed by atoms with Gasteiger partial charge in [-0.2, -0.15) is 0 Å². The molecule has 0 aliphatic rings. The number of halogens is 3. The monoisotopic (exact) mass is 370 g/mol. The number of hydrogen-bond donors (Lipinski definition) is 0. The topological polar surface area (TPSA) is 9.23 Å². The Labute approximate surface area is 138 Å². The Morgan fingerprint density at radius 3 is 2.62 bits per heavy atom.